The molecule has 2 N–H and O–H groups in total. The zero-order chi connectivity index (χ0) is 12.8. The molecule has 5 nitrogen and oxygen atoms in total. The van der Waals surface area contributed by atoms with E-state index in [0.717, 1.165) is 29.8 Å². The van der Waals surface area contributed by atoms with Crippen molar-refractivity contribution in [2.45, 2.75) is 24.6 Å². The molecule has 0 spiro atoms. The molecule has 1 aromatic rings. The zero-order valence-electron chi connectivity index (χ0n) is 10.8. The van der Waals surface area contributed by atoms with Crippen molar-refractivity contribution in [1.82, 2.24) is 9.97 Å². The van der Waals surface area contributed by atoms with E-state index >= 15 is 0 Å². The van der Waals surface area contributed by atoms with Crippen molar-refractivity contribution >= 4 is 23.4 Å². The van der Waals surface area contributed by atoms with Crippen LogP contribution in [0.2, 0.25) is 0 Å². The van der Waals surface area contributed by atoms with Gasteiger partial charge in [-0.05, 0) is 19.6 Å². The monoisotopic (exact) mass is 256 g/mol. The highest BCUT2D eigenvalue weighted by atomic mass is 32.2. The first-order valence-corrected chi connectivity index (χ1v) is 6.79. The number of nitrogens with one attached hydrogen (secondary N) is 1. The number of hydrogen-bond donors (Lipinski definition) is 2. The number of thioether (sulfide) groups is 1. The van der Waals surface area contributed by atoms with Crippen LogP contribution in [-0.2, 0) is 0 Å². The lowest BCUT2D eigenvalue weighted by Crippen LogP contribution is -2.23. The van der Waals surface area contributed by atoms with Crippen molar-refractivity contribution in [3.05, 3.63) is 6.07 Å². The van der Waals surface area contributed by atoms with Crippen LogP contribution in [-0.4, -0.2) is 48.1 Å². The average Bonchev–Trinajstić information content (AvgIpc) is 2.34. The highest BCUT2D eigenvalue weighted by molar-refractivity contribution is 7.98. The number of anilines is 2. The molecule has 0 aromatic carbocycles. The third-order valence-electron chi connectivity index (χ3n) is 2.40. The summed E-state index contributed by atoms with van der Waals surface area (Å²) in [7, 11) is 3.81. The second-order valence-corrected chi connectivity index (χ2v) is 4.68. The Bertz CT molecular complexity index is 337. The summed E-state index contributed by atoms with van der Waals surface area (Å²) < 4.78 is 0. The molecule has 1 rings (SSSR count). The highest BCUT2D eigenvalue weighted by Crippen LogP contribution is 2.19. The van der Waals surface area contributed by atoms with Crippen LogP contribution in [0.4, 0.5) is 11.6 Å². The number of hydrogen-bond acceptors (Lipinski definition) is 6. The summed E-state index contributed by atoms with van der Waals surface area (Å²) in [6, 6.07) is 1.90. The molecule has 0 aliphatic heterocycles. The van der Waals surface area contributed by atoms with E-state index < -0.39 is 0 Å². The van der Waals surface area contributed by atoms with Crippen molar-refractivity contribution in [3.63, 3.8) is 0 Å². The Kier molecular flexibility index (Phi) is 5.50. The van der Waals surface area contributed by atoms with Crippen LogP contribution in [0.1, 0.15) is 13.3 Å². The summed E-state index contributed by atoms with van der Waals surface area (Å²) in [5.74, 6) is 1.68. The minimum atomic E-state index is -0.289. The maximum Gasteiger partial charge on any atom is 0.191 e. The lowest BCUT2D eigenvalue weighted by atomic mass is 10.3. The van der Waals surface area contributed by atoms with E-state index in [1.54, 1.807) is 6.92 Å². The number of aliphatic hydroxyl groups is 1. The first-order valence-electron chi connectivity index (χ1n) is 5.56. The van der Waals surface area contributed by atoms with Crippen LogP contribution in [0.25, 0.3) is 0 Å². The van der Waals surface area contributed by atoms with Gasteiger partial charge >= 0.3 is 0 Å². The zero-order valence-corrected chi connectivity index (χ0v) is 11.6. The molecule has 1 heterocycles. The molecular weight excluding hydrogens is 236 g/mol. The Morgan fingerprint density at radius 2 is 2.24 bits per heavy atom. The molecule has 6 heteroatoms. The van der Waals surface area contributed by atoms with Gasteiger partial charge in [0.25, 0.3) is 0 Å². The van der Waals surface area contributed by atoms with Gasteiger partial charge in [-0.25, -0.2) is 9.97 Å². The van der Waals surface area contributed by atoms with Crippen LogP contribution >= 0.6 is 11.8 Å². The summed E-state index contributed by atoms with van der Waals surface area (Å²) >= 11 is 1.52. The molecule has 1 atom stereocenters. The summed E-state index contributed by atoms with van der Waals surface area (Å²) in [5, 5.41) is 13.0. The first kappa shape index (κ1) is 14.1. The molecule has 0 aliphatic rings. The summed E-state index contributed by atoms with van der Waals surface area (Å²) in [5.41, 5.74) is 0. The maximum absolute atomic E-state index is 9.27. The molecule has 0 bridgehead atoms. The van der Waals surface area contributed by atoms with Crippen LogP contribution in [0, 0.1) is 0 Å². The van der Waals surface area contributed by atoms with Gasteiger partial charge in [-0.1, -0.05) is 11.8 Å². The second-order valence-electron chi connectivity index (χ2n) is 3.91. The van der Waals surface area contributed by atoms with Crippen molar-refractivity contribution < 1.29 is 5.11 Å². The van der Waals surface area contributed by atoms with Gasteiger partial charge < -0.3 is 15.3 Å². The van der Waals surface area contributed by atoms with Gasteiger partial charge in [-0.15, -0.1) is 0 Å². The molecule has 0 saturated heterocycles. The number of aliphatic hydroxyl groups excluding tert-OH is 1. The minimum Gasteiger partial charge on any atom is -0.393 e. The molecule has 0 fully saturated rings. The van der Waals surface area contributed by atoms with Crippen molar-refractivity contribution in [1.29, 1.82) is 0 Å². The highest BCUT2D eigenvalue weighted by Gasteiger charge is 2.08. The molecular formula is C11H20N4OS. The van der Waals surface area contributed by atoms with E-state index in [4.69, 9.17) is 0 Å². The smallest absolute Gasteiger partial charge is 0.191 e. The number of rotatable bonds is 6. The normalized spacial score (nSPS) is 12.3. The van der Waals surface area contributed by atoms with Gasteiger partial charge in [0, 0.05) is 26.7 Å². The fraction of sp³-hybridized carbons (Fsp3) is 0.636. The molecule has 0 aliphatic carbocycles. The second kappa shape index (κ2) is 6.66. The lowest BCUT2D eigenvalue weighted by Gasteiger charge is -2.19. The Labute approximate surface area is 107 Å². The van der Waals surface area contributed by atoms with Gasteiger partial charge in [0.15, 0.2) is 5.16 Å². The first-order chi connectivity index (χ1) is 8.06. The van der Waals surface area contributed by atoms with E-state index in [2.05, 4.69) is 15.3 Å². The fourth-order valence-corrected chi connectivity index (χ4v) is 1.70. The molecule has 0 amide bonds. The van der Waals surface area contributed by atoms with Crippen LogP contribution in [0.15, 0.2) is 11.2 Å². The Balaban J connectivity index is 2.80. The van der Waals surface area contributed by atoms with Crippen molar-refractivity contribution in [2.75, 3.05) is 37.1 Å². The van der Waals surface area contributed by atoms with Gasteiger partial charge in [0.05, 0.1) is 6.10 Å². The van der Waals surface area contributed by atoms with E-state index in [0.29, 0.717) is 0 Å². The van der Waals surface area contributed by atoms with Crippen molar-refractivity contribution in [3.8, 4) is 0 Å². The Hall–Kier alpha value is -1.01. The lowest BCUT2D eigenvalue weighted by molar-refractivity contribution is 0.187. The topological polar surface area (TPSA) is 61.3 Å². The SMILES string of the molecule is CNc1cc(N(C)CCC(C)O)nc(SC)n1. The van der Waals surface area contributed by atoms with Crippen molar-refractivity contribution in [2.24, 2.45) is 0 Å². The largest absolute Gasteiger partial charge is 0.393 e. The van der Waals surface area contributed by atoms with Gasteiger partial charge in [-0.2, -0.15) is 0 Å². The Morgan fingerprint density at radius 1 is 1.53 bits per heavy atom. The predicted octanol–water partition coefficient (Wildman–Crippen LogP) is 1.45. The summed E-state index contributed by atoms with van der Waals surface area (Å²) in [6.07, 6.45) is 2.39. The molecule has 17 heavy (non-hydrogen) atoms. The minimum absolute atomic E-state index is 0.289. The molecule has 1 aromatic heterocycles. The maximum atomic E-state index is 9.27. The van der Waals surface area contributed by atoms with Crippen LogP contribution < -0.4 is 10.2 Å². The molecule has 96 valence electrons. The van der Waals surface area contributed by atoms with Crippen LogP contribution in [0.5, 0.6) is 0 Å². The van der Waals surface area contributed by atoms with E-state index in [1.807, 2.05) is 31.3 Å². The van der Waals surface area contributed by atoms with Crippen LogP contribution in [0.3, 0.4) is 0 Å². The standard InChI is InChI=1S/C11H20N4OS/c1-8(16)5-6-15(3)10-7-9(12-2)13-11(14-10)17-4/h7-8,16H,5-6H2,1-4H3,(H,12,13,14). The van der Waals surface area contributed by atoms with E-state index in [-0.39, 0.29) is 6.10 Å². The predicted molar refractivity (Wildman–Crippen MR) is 72.9 cm³/mol. The number of nitrogens with zero attached hydrogens (tertiary/aromatic N) is 3. The third-order valence-corrected chi connectivity index (χ3v) is 2.95. The molecule has 0 radical (unpaired) electrons. The van der Waals surface area contributed by atoms with Gasteiger partial charge in [0.1, 0.15) is 11.6 Å². The summed E-state index contributed by atoms with van der Waals surface area (Å²) in [6.45, 7) is 2.56. The fourth-order valence-electron chi connectivity index (χ4n) is 1.32. The average molecular weight is 256 g/mol. The Morgan fingerprint density at radius 3 is 2.76 bits per heavy atom. The summed E-state index contributed by atoms with van der Waals surface area (Å²) in [4.78, 5) is 10.8. The molecule has 1 unspecified atom stereocenters. The van der Waals surface area contributed by atoms with Gasteiger partial charge in [0.2, 0.25) is 0 Å². The quantitative estimate of drug-likeness (QED) is 0.593. The van der Waals surface area contributed by atoms with E-state index in [9.17, 15) is 5.11 Å². The molecule has 0 saturated carbocycles. The van der Waals surface area contributed by atoms with E-state index in [1.165, 1.54) is 11.8 Å². The third kappa shape index (κ3) is 4.40. The number of aromatic nitrogens is 2. The van der Waals surface area contributed by atoms with Gasteiger partial charge in [-0.3, -0.25) is 0 Å².